The van der Waals surface area contributed by atoms with E-state index in [1.165, 1.54) is 5.56 Å². The van der Waals surface area contributed by atoms with Gasteiger partial charge in [0, 0.05) is 23.2 Å². The topological polar surface area (TPSA) is 33.6 Å². The average molecular weight is 291 g/mol. The molecule has 0 spiro atoms. The lowest BCUT2D eigenvalue weighted by atomic mass is 10.1. The SMILES string of the molecule is Cc1ccc2[nH]c(=S)n(-c3cccc4cnccc34)c2c1. The molecule has 0 amide bonds. The van der Waals surface area contributed by atoms with E-state index in [2.05, 4.69) is 51.8 Å². The van der Waals surface area contributed by atoms with Crippen molar-refractivity contribution in [3.63, 3.8) is 0 Å². The monoisotopic (exact) mass is 291 g/mol. The Labute approximate surface area is 126 Å². The molecule has 2 aromatic carbocycles. The molecule has 4 aromatic rings. The molecule has 102 valence electrons. The van der Waals surface area contributed by atoms with Crippen LogP contribution in [0.15, 0.2) is 54.9 Å². The Kier molecular flexibility index (Phi) is 2.65. The van der Waals surface area contributed by atoms with Gasteiger partial charge in [0.15, 0.2) is 4.77 Å². The zero-order valence-corrected chi connectivity index (χ0v) is 12.3. The van der Waals surface area contributed by atoms with Gasteiger partial charge in [0.05, 0.1) is 16.7 Å². The molecular formula is C17H13N3S. The van der Waals surface area contributed by atoms with Crippen molar-refractivity contribution in [2.45, 2.75) is 6.92 Å². The lowest BCUT2D eigenvalue weighted by Crippen LogP contribution is -1.95. The molecule has 0 aliphatic carbocycles. The van der Waals surface area contributed by atoms with Gasteiger partial charge in [-0.25, -0.2) is 0 Å². The Bertz CT molecular complexity index is 1020. The van der Waals surface area contributed by atoms with E-state index in [-0.39, 0.29) is 0 Å². The number of aromatic amines is 1. The molecule has 3 nitrogen and oxygen atoms in total. The second-order valence-corrected chi connectivity index (χ2v) is 5.55. The Hall–Kier alpha value is -2.46. The summed E-state index contributed by atoms with van der Waals surface area (Å²) in [5, 5.41) is 2.25. The highest BCUT2D eigenvalue weighted by Crippen LogP contribution is 2.26. The van der Waals surface area contributed by atoms with Crippen molar-refractivity contribution in [1.29, 1.82) is 0 Å². The first-order valence-corrected chi connectivity index (χ1v) is 7.19. The van der Waals surface area contributed by atoms with Gasteiger partial charge in [-0.1, -0.05) is 18.2 Å². The highest BCUT2D eigenvalue weighted by Gasteiger charge is 2.09. The Morgan fingerprint density at radius 2 is 2.05 bits per heavy atom. The summed E-state index contributed by atoms with van der Waals surface area (Å²) in [5.41, 5.74) is 4.45. The van der Waals surface area contributed by atoms with Crippen LogP contribution in [0.3, 0.4) is 0 Å². The average Bonchev–Trinajstić information content (AvgIpc) is 2.82. The standard InChI is InChI=1S/C17H13N3S/c1-11-5-6-14-16(9-11)20(17(21)19-14)15-4-2-3-12-10-18-8-7-13(12)15/h2-10H,1H3,(H,19,21). The van der Waals surface area contributed by atoms with E-state index in [1.807, 2.05) is 24.5 Å². The summed E-state index contributed by atoms with van der Waals surface area (Å²) >= 11 is 5.53. The molecule has 4 heteroatoms. The first-order chi connectivity index (χ1) is 10.2. The number of pyridine rings is 1. The van der Waals surface area contributed by atoms with Crippen molar-refractivity contribution in [2.24, 2.45) is 0 Å². The number of aromatic nitrogens is 3. The van der Waals surface area contributed by atoms with Gasteiger partial charge in [-0.15, -0.1) is 0 Å². The molecule has 0 aliphatic heterocycles. The maximum absolute atomic E-state index is 5.53. The van der Waals surface area contributed by atoms with Crippen LogP contribution in [0.25, 0.3) is 27.5 Å². The summed E-state index contributed by atoms with van der Waals surface area (Å²) in [7, 11) is 0. The minimum atomic E-state index is 0.708. The number of nitrogens with zero attached hydrogens (tertiary/aromatic N) is 2. The third-order valence-corrected chi connectivity index (χ3v) is 4.02. The molecule has 0 atom stereocenters. The van der Waals surface area contributed by atoms with Gasteiger partial charge in [-0.3, -0.25) is 9.55 Å². The largest absolute Gasteiger partial charge is 0.330 e. The van der Waals surface area contributed by atoms with Crippen molar-refractivity contribution in [2.75, 3.05) is 0 Å². The highest BCUT2D eigenvalue weighted by molar-refractivity contribution is 7.71. The summed E-state index contributed by atoms with van der Waals surface area (Å²) in [6.45, 7) is 2.09. The van der Waals surface area contributed by atoms with Crippen LogP contribution in [-0.2, 0) is 0 Å². The minimum absolute atomic E-state index is 0.708. The Balaban J connectivity index is 2.16. The molecule has 4 rings (SSSR count). The van der Waals surface area contributed by atoms with Crippen LogP contribution in [0.1, 0.15) is 5.56 Å². The number of H-pyrrole nitrogens is 1. The summed E-state index contributed by atoms with van der Waals surface area (Å²) in [6.07, 6.45) is 3.69. The number of imidazole rings is 1. The summed E-state index contributed by atoms with van der Waals surface area (Å²) < 4.78 is 2.81. The van der Waals surface area contributed by atoms with Gasteiger partial charge < -0.3 is 4.98 Å². The van der Waals surface area contributed by atoms with E-state index in [1.54, 1.807) is 0 Å². The van der Waals surface area contributed by atoms with Gasteiger partial charge in [-0.05, 0) is 49.0 Å². The van der Waals surface area contributed by atoms with Crippen LogP contribution in [0.2, 0.25) is 0 Å². The summed E-state index contributed by atoms with van der Waals surface area (Å²) in [6, 6.07) is 14.5. The van der Waals surface area contributed by atoms with E-state index in [4.69, 9.17) is 12.2 Å². The van der Waals surface area contributed by atoms with E-state index < -0.39 is 0 Å². The summed E-state index contributed by atoms with van der Waals surface area (Å²) in [5.74, 6) is 0. The van der Waals surface area contributed by atoms with Crippen molar-refractivity contribution in [3.8, 4) is 5.69 Å². The van der Waals surface area contributed by atoms with Gasteiger partial charge in [-0.2, -0.15) is 0 Å². The number of aryl methyl sites for hydroxylation is 1. The molecule has 0 fully saturated rings. The molecule has 0 radical (unpaired) electrons. The first kappa shape index (κ1) is 12.3. The zero-order valence-electron chi connectivity index (χ0n) is 11.5. The second kappa shape index (κ2) is 4.53. The quantitative estimate of drug-likeness (QED) is 0.522. The van der Waals surface area contributed by atoms with Crippen LogP contribution >= 0.6 is 12.2 Å². The molecule has 0 bridgehead atoms. The second-order valence-electron chi connectivity index (χ2n) is 5.16. The Morgan fingerprint density at radius 1 is 1.14 bits per heavy atom. The van der Waals surface area contributed by atoms with Crippen molar-refractivity contribution in [3.05, 3.63) is 65.2 Å². The fourth-order valence-electron chi connectivity index (χ4n) is 2.75. The molecule has 1 N–H and O–H groups in total. The lowest BCUT2D eigenvalue weighted by molar-refractivity contribution is 1.07. The van der Waals surface area contributed by atoms with Crippen LogP contribution in [0.5, 0.6) is 0 Å². The molecule has 21 heavy (non-hydrogen) atoms. The Morgan fingerprint density at radius 3 is 2.95 bits per heavy atom. The number of benzene rings is 2. The smallest absolute Gasteiger partial charge is 0.182 e. The molecule has 0 saturated heterocycles. The van der Waals surface area contributed by atoms with Crippen LogP contribution in [0, 0.1) is 11.7 Å². The highest BCUT2D eigenvalue weighted by atomic mass is 32.1. The van der Waals surface area contributed by atoms with Gasteiger partial charge >= 0.3 is 0 Å². The van der Waals surface area contributed by atoms with E-state index in [0.29, 0.717) is 4.77 Å². The third kappa shape index (κ3) is 1.87. The number of hydrogen-bond donors (Lipinski definition) is 1. The zero-order chi connectivity index (χ0) is 14.4. The fourth-order valence-corrected chi connectivity index (χ4v) is 3.06. The van der Waals surface area contributed by atoms with E-state index in [9.17, 15) is 0 Å². The predicted octanol–water partition coefficient (Wildman–Crippen LogP) is 4.54. The summed E-state index contributed by atoms with van der Waals surface area (Å²) in [4.78, 5) is 7.47. The van der Waals surface area contributed by atoms with Crippen molar-refractivity contribution >= 4 is 34.0 Å². The molecule has 2 aromatic heterocycles. The van der Waals surface area contributed by atoms with Gasteiger partial charge in [0.2, 0.25) is 0 Å². The van der Waals surface area contributed by atoms with Crippen LogP contribution in [0.4, 0.5) is 0 Å². The number of hydrogen-bond acceptors (Lipinski definition) is 2. The predicted molar refractivity (Wildman–Crippen MR) is 88.5 cm³/mol. The lowest BCUT2D eigenvalue weighted by Gasteiger charge is -2.09. The fraction of sp³-hybridized carbons (Fsp3) is 0.0588. The minimum Gasteiger partial charge on any atom is -0.330 e. The van der Waals surface area contributed by atoms with Gasteiger partial charge in [0.1, 0.15) is 0 Å². The van der Waals surface area contributed by atoms with Crippen molar-refractivity contribution in [1.82, 2.24) is 14.5 Å². The maximum Gasteiger partial charge on any atom is 0.182 e. The molecule has 0 aliphatic rings. The van der Waals surface area contributed by atoms with Crippen LogP contribution in [-0.4, -0.2) is 14.5 Å². The molecule has 0 unspecified atom stereocenters. The van der Waals surface area contributed by atoms with Crippen molar-refractivity contribution < 1.29 is 0 Å². The molecular weight excluding hydrogens is 278 g/mol. The first-order valence-electron chi connectivity index (χ1n) is 6.78. The number of nitrogens with one attached hydrogen (secondary N) is 1. The molecule has 2 heterocycles. The molecule has 0 saturated carbocycles. The van der Waals surface area contributed by atoms with E-state index >= 15 is 0 Å². The van der Waals surface area contributed by atoms with Gasteiger partial charge in [0.25, 0.3) is 0 Å². The maximum atomic E-state index is 5.53. The van der Waals surface area contributed by atoms with Crippen LogP contribution < -0.4 is 0 Å². The number of rotatable bonds is 1. The van der Waals surface area contributed by atoms with E-state index in [0.717, 1.165) is 27.5 Å². The third-order valence-electron chi connectivity index (χ3n) is 3.74. The number of fused-ring (bicyclic) bond motifs is 2. The normalized spacial score (nSPS) is 11.3.